The van der Waals surface area contributed by atoms with Gasteiger partial charge in [0.1, 0.15) is 17.2 Å². The fraction of sp³-hybridized carbons (Fsp3) is 0.0800. The molecule has 0 fully saturated rings. The number of pyridine rings is 2. The summed E-state index contributed by atoms with van der Waals surface area (Å²) in [5, 5.41) is 16.9. The summed E-state index contributed by atoms with van der Waals surface area (Å²) < 4.78 is 13.5. The maximum atomic E-state index is 12.6. The number of para-hydroxylation sites is 2. The van der Waals surface area contributed by atoms with Gasteiger partial charge in [-0.05, 0) is 56.4 Å². The molecule has 4 heterocycles. The number of ether oxygens (including phenoxy) is 2. The van der Waals surface area contributed by atoms with Gasteiger partial charge in [0.2, 0.25) is 0 Å². The van der Waals surface area contributed by atoms with E-state index in [0.29, 0.717) is 28.2 Å². The summed E-state index contributed by atoms with van der Waals surface area (Å²) in [6, 6.07) is 51.3. The van der Waals surface area contributed by atoms with Crippen molar-refractivity contribution in [3.63, 3.8) is 0 Å². The van der Waals surface area contributed by atoms with Gasteiger partial charge in [-0.15, -0.1) is 23.8 Å². The molecule has 1 N–H and O–H groups in total. The van der Waals surface area contributed by atoms with Crippen LogP contribution in [0.2, 0.25) is 0 Å². The van der Waals surface area contributed by atoms with E-state index in [4.69, 9.17) is 19.4 Å². The Morgan fingerprint density at radius 1 is 0.596 bits per heavy atom. The van der Waals surface area contributed by atoms with E-state index in [1.165, 1.54) is 0 Å². The SMILES string of the molecule is CC(C)(C)c1cc(-c2cc(-c3ccccc3)ccn2)[c-]c(-c2ccc3c4ccccc4c4c5c6c(c(O)c4c3n2)Oc2ccccc2B6c2ccccc2O5)c1.[Pt]. The Kier molecular flexibility index (Phi) is 8.14. The van der Waals surface area contributed by atoms with E-state index in [2.05, 4.69) is 106 Å². The van der Waals surface area contributed by atoms with Crippen LogP contribution in [-0.2, 0) is 26.5 Å². The standard InChI is InChI=1S/C50H34BN2O3.Pt/c1-50(2,3)33-26-31(25-32(27-33)40-28-30(23-24-52-40)29-13-5-4-6-14-29)39-22-21-36-34-15-7-8-16-35(34)43-44(46(36)53-39)47(54)49-45-48(43)55-41-19-11-9-17-37(41)51(45)38-18-10-12-20-42(38)56-49;/h4-24,26-28,54H,1-3H3;/q-1;. The predicted molar refractivity (Wildman–Crippen MR) is 228 cm³/mol. The van der Waals surface area contributed by atoms with E-state index in [9.17, 15) is 5.11 Å². The van der Waals surface area contributed by atoms with E-state index in [-0.39, 0.29) is 38.9 Å². The Hall–Kier alpha value is -6.23. The summed E-state index contributed by atoms with van der Waals surface area (Å²) in [5.41, 5.74) is 10.1. The third-order valence-electron chi connectivity index (χ3n) is 11.4. The zero-order chi connectivity index (χ0) is 37.7. The van der Waals surface area contributed by atoms with Gasteiger partial charge in [0.15, 0.2) is 11.5 Å². The number of aromatic hydroxyl groups is 1. The molecule has 0 atom stereocenters. The minimum Gasteiger partial charge on any atom is -0.504 e. The van der Waals surface area contributed by atoms with E-state index in [0.717, 1.165) is 82.9 Å². The van der Waals surface area contributed by atoms with Gasteiger partial charge in [-0.3, -0.25) is 9.97 Å². The molecule has 57 heavy (non-hydrogen) atoms. The molecule has 2 aliphatic rings. The molecule has 2 aromatic heterocycles. The number of phenols is 1. The maximum Gasteiger partial charge on any atom is 0.260 e. The van der Waals surface area contributed by atoms with Crippen LogP contribution in [-0.4, -0.2) is 21.8 Å². The monoisotopic (exact) mass is 916 g/mol. The Bertz CT molecular complexity index is 3090. The van der Waals surface area contributed by atoms with Gasteiger partial charge in [-0.1, -0.05) is 141 Å². The third kappa shape index (κ3) is 5.50. The van der Waals surface area contributed by atoms with Crippen molar-refractivity contribution in [3.8, 4) is 62.4 Å². The fourth-order valence-corrected chi connectivity index (χ4v) is 8.61. The van der Waals surface area contributed by atoms with Crippen LogP contribution in [0, 0.1) is 6.07 Å². The molecule has 7 heteroatoms. The Morgan fingerprint density at radius 3 is 1.95 bits per heavy atom. The van der Waals surface area contributed by atoms with Crippen LogP contribution in [0.15, 0.2) is 146 Å². The van der Waals surface area contributed by atoms with Gasteiger partial charge in [0.25, 0.3) is 6.71 Å². The third-order valence-corrected chi connectivity index (χ3v) is 11.4. The van der Waals surface area contributed by atoms with Crippen molar-refractivity contribution in [1.29, 1.82) is 0 Å². The molecule has 276 valence electrons. The van der Waals surface area contributed by atoms with Crippen LogP contribution in [0.1, 0.15) is 26.3 Å². The molecule has 0 unspecified atom stereocenters. The Labute approximate surface area is 345 Å². The largest absolute Gasteiger partial charge is 0.504 e. The number of fused-ring (bicyclic) bond motifs is 11. The summed E-state index contributed by atoms with van der Waals surface area (Å²) in [5.74, 6) is 2.65. The topological polar surface area (TPSA) is 64.5 Å². The first-order chi connectivity index (χ1) is 27.3. The molecule has 0 amide bonds. The molecule has 0 saturated heterocycles. The number of hydrogen-bond acceptors (Lipinski definition) is 5. The van der Waals surface area contributed by atoms with Gasteiger partial charge in [-0.25, -0.2) is 0 Å². The fourth-order valence-electron chi connectivity index (χ4n) is 8.61. The molecule has 7 aromatic carbocycles. The zero-order valence-corrected chi connectivity index (χ0v) is 33.7. The van der Waals surface area contributed by atoms with Gasteiger partial charge >= 0.3 is 0 Å². The average Bonchev–Trinajstić information content (AvgIpc) is 3.24. The van der Waals surface area contributed by atoms with Crippen molar-refractivity contribution < 1.29 is 35.6 Å². The maximum absolute atomic E-state index is 12.6. The Balaban J connectivity index is 0.00000396. The second-order valence-electron chi connectivity index (χ2n) is 15.8. The van der Waals surface area contributed by atoms with E-state index in [1.54, 1.807) is 0 Å². The van der Waals surface area contributed by atoms with Gasteiger partial charge in [-0.2, -0.15) is 0 Å². The number of aromatic nitrogens is 2. The van der Waals surface area contributed by atoms with Gasteiger partial charge in [0.05, 0.1) is 10.9 Å². The summed E-state index contributed by atoms with van der Waals surface area (Å²) in [6.45, 7) is 6.47. The second kappa shape index (κ2) is 13.2. The summed E-state index contributed by atoms with van der Waals surface area (Å²) in [4.78, 5) is 10.3. The molecule has 5 nitrogen and oxygen atoms in total. The van der Waals surface area contributed by atoms with E-state index < -0.39 is 0 Å². The first kappa shape index (κ1) is 35.2. The summed E-state index contributed by atoms with van der Waals surface area (Å²) in [6.07, 6.45) is 1.86. The summed E-state index contributed by atoms with van der Waals surface area (Å²) in [7, 11) is 0. The first-order valence-corrected chi connectivity index (χ1v) is 19.0. The van der Waals surface area contributed by atoms with Crippen molar-refractivity contribution in [2.24, 2.45) is 0 Å². The molecular weight excluding hydrogens is 882 g/mol. The molecule has 11 rings (SSSR count). The van der Waals surface area contributed by atoms with Crippen LogP contribution in [0.4, 0.5) is 0 Å². The molecule has 2 aliphatic heterocycles. The molecule has 0 aliphatic carbocycles. The number of hydrogen-bond donors (Lipinski definition) is 1. The van der Waals surface area contributed by atoms with Crippen LogP contribution >= 0.6 is 0 Å². The molecular formula is C50H34BN2O3Pt-. The van der Waals surface area contributed by atoms with Crippen molar-refractivity contribution in [2.75, 3.05) is 0 Å². The van der Waals surface area contributed by atoms with Crippen molar-refractivity contribution in [1.82, 2.24) is 9.97 Å². The molecule has 0 saturated carbocycles. The molecule has 9 aromatic rings. The minimum absolute atomic E-state index is 0. The second-order valence-corrected chi connectivity index (χ2v) is 15.8. The predicted octanol–water partition coefficient (Wildman–Crippen LogP) is 10.5. The Morgan fingerprint density at radius 2 is 1.23 bits per heavy atom. The average molecular weight is 917 g/mol. The van der Waals surface area contributed by atoms with Crippen molar-refractivity contribution in [3.05, 3.63) is 157 Å². The number of rotatable bonds is 3. The van der Waals surface area contributed by atoms with Gasteiger partial charge < -0.3 is 14.6 Å². The quantitative estimate of drug-likeness (QED) is 0.109. The molecule has 0 spiro atoms. The first-order valence-electron chi connectivity index (χ1n) is 19.0. The van der Waals surface area contributed by atoms with Crippen molar-refractivity contribution in [2.45, 2.75) is 26.2 Å². The van der Waals surface area contributed by atoms with Crippen LogP contribution in [0.25, 0.3) is 66.1 Å². The van der Waals surface area contributed by atoms with Gasteiger partial charge in [0, 0.05) is 54.9 Å². The zero-order valence-electron chi connectivity index (χ0n) is 31.4. The smallest absolute Gasteiger partial charge is 0.260 e. The van der Waals surface area contributed by atoms with Crippen LogP contribution in [0.5, 0.6) is 28.7 Å². The molecule has 0 bridgehead atoms. The number of benzene rings is 7. The van der Waals surface area contributed by atoms with E-state index in [1.807, 2.05) is 66.9 Å². The van der Waals surface area contributed by atoms with E-state index >= 15 is 0 Å². The minimum atomic E-state index is -0.180. The van der Waals surface area contributed by atoms with Crippen molar-refractivity contribution >= 4 is 55.5 Å². The molecule has 0 radical (unpaired) electrons. The van der Waals surface area contributed by atoms with Crippen LogP contribution < -0.4 is 25.9 Å². The summed E-state index contributed by atoms with van der Waals surface area (Å²) >= 11 is 0. The number of phenolic OH excluding ortho intramolecular Hbond substituents is 1. The number of nitrogens with zero attached hydrogens (tertiary/aromatic N) is 2. The van der Waals surface area contributed by atoms with Crippen LogP contribution in [0.3, 0.4) is 0 Å². The normalized spacial score (nSPS) is 12.6.